The number of ketones is 1. The van der Waals surface area contributed by atoms with Crippen LogP contribution in [0.5, 0.6) is 0 Å². The van der Waals surface area contributed by atoms with Crippen LogP contribution in [0.3, 0.4) is 0 Å². The second kappa shape index (κ2) is 9.67. The molecule has 1 heterocycles. The van der Waals surface area contributed by atoms with Gasteiger partial charge >= 0.3 is 0 Å². The van der Waals surface area contributed by atoms with Crippen LogP contribution in [0.15, 0.2) is 114 Å². The Morgan fingerprint density at radius 3 is 1.31 bits per heavy atom. The van der Waals surface area contributed by atoms with Crippen molar-refractivity contribution in [3.63, 3.8) is 0 Å². The first kappa shape index (κ1) is 22.7. The zero-order valence-corrected chi connectivity index (χ0v) is 19.9. The minimum atomic E-state index is -0.541. The van der Waals surface area contributed by atoms with E-state index in [4.69, 9.17) is 0 Å². The number of piperidine rings is 1. The average molecular weight is 461 g/mol. The van der Waals surface area contributed by atoms with Gasteiger partial charge < -0.3 is 0 Å². The van der Waals surface area contributed by atoms with E-state index in [0.29, 0.717) is 0 Å². The Labute approximate surface area is 206 Å². The molecule has 0 N–H and O–H groups in total. The topological polar surface area (TPSA) is 49.7 Å². The number of Topliss-reactive ketones (excluding diaryl/α,β-unsaturated/α-hetero) is 1. The Morgan fingerprint density at radius 2 is 0.943 bits per heavy atom. The standard InChI is InChI=1S/C31H28N2O2/c1-21-13-9-11-19-25(21)29-27(23-15-5-3-6-16-23)31(34)28(24-17-7-4-8-18-24)30(33(29)32-35)26-20-12-10-14-22(26)2/h3-20,27-30H,1-2H3/t27-,28+,29-,30+. The Hall–Kier alpha value is -4.05. The van der Waals surface area contributed by atoms with E-state index in [2.05, 4.69) is 5.29 Å². The normalized spacial score (nSPS) is 22.1. The van der Waals surface area contributed by atoms with E-state index < -0.39 is 23.9 Å². The summed E-state index contributed by atoms with van der Waals surface area (Å²) in [6.07, 6.45) is 0. The van der Waals surface area contributed by atoms with E-state index in [1.54, 1.807) is 5.01 Å². The smallest absolute Gasteiger partial charge is 0.152 e. The van der Waals surface area contributed by atoms with Gasteiger partial charge in [0.15, 0.2) is 5.78 Å². The van der Waals surface area contributed by atoms with Crippen LogP contribution in [0.1, 0.15) is 57.3 Å². The number of hydrogen-bond acceptors (Lipinski definition) is 3. The zero-order chi connectivity index (χ0) is 24.4. The molecule has 0 spiro atoms. The minimum absolute atomic E-state index is 0.101. The third-order valence-electron chi connectivity index (χ3n) is 7.24. The van der Waals surface area contributed by atoms with Crippen LogP contribution < -0.4 is 0 Å². The highest BCUT2D eigenvalue weighted by molar-refractivity contribution is 5.94. The summed E-state index contributed by atoms with van der Waals surface area (Å²) in [6, 6.07) is 34.5. The van der Waals surface area contributed by atoms with Gasteiger partial charge in [0.05, 0.1) is 29.2 Å². The first-order valence-corrected chi connectivity index (χ1v) is 12.0. The minimum Gasteiger partial charge on any atom is -0.298 e. The fourth-order valence-corrected chi connectivity index (χ4v) is 5.58. The SMILES string of the molecule is Cc1ccccc1[C@@H]1[C@@H](c2ccccc2)C(=O)[C@@H](c2ccccc2)[C@H](c2ccccc2C)N1N=O. The highest BCUT2D eigenvalue weighted by Gasteiger charge is 2.52. The molecule has 0 saturated carbocycles. The molecular weight excluding hydrogens is 432 g/mol. The Bertz CT molecular complexity index is 1240. The summed E-state index contributed by atoms with van der Waals surface area (Å²) < 4.78 is 0. The van der Waals surface area contributed by atoms with E-state index >= 15 is 0 Å². The number of carbonyl (C=O) groups is 1. The Kier molecular flexibility index (Phi) is 6.28. The highest BCUT2D eigenvalue weighted by atomic mass is 16.3. The molecular formula is C31H28N2O2. The number of carbonyl (C=O) groups excluding carboxylic acids is 1. The van der Waals surface area contributed by atoms with Gasteiger partial charge in [-0.2, -0.15) is 0 Å². The van der Waals surface area contributed by atoms with Crippen molar-refractivity contribution in [1.82, 2.24) is 5.01 Å². The number of rotatable bonds is 5. The molecule has 1 fully saturated rings. The molecule has 0 bridgehead atoms. The molecule has 1 aliphatic rings. The van der Waals surface area contributed by atoms with Crippen LogP contribution in [0.25, 0.3) is 0 Å². The summed E-state index contributed by atoms with van der Waals surface area (Å²) in [6.45, 7) is 4.05. The summed E-state index contributed by atoms with van der Waals surface area (Å²) in [5, 5.41) is 5.32. The van der Waals surface area contributed by atoms with Gasteiger partial charge in [-0.25, -0.2) is 5.01 Å². The zero-order valence-electron chi connectivity index (χ0n) is 19.9. The quantitative estimate of drug-likeness (QED) is 0.295. The van der Waals surface area contributed by atoms with Crippen LogP contribution in [-0.4, -0.2) is 10.8 Å². The predicted octanol–water partition coefficient (Wildman–Crippen LogP) is 7.22. The molecule has 4 atom stereocenters. The lowest BCUT2D eigenvalue weighted by molar-refractivity contribution is -0.131. The second-order valence-electron chi connectivity index (χ2n) is 9.24. The lowest BCUT2D eigenvalue weighted by atomic mass is 9.68. The molecule has 0 radical (unpaired) electrons. The van der Waals surface area contributed by atoms with Crippen LogP contribution in [0.2, 0.25) is 0 Å². The molecule has 1 aliphatic heterocycles. The van der Waals surface area contributed by atoms with E-state index in [9.17, 15) is 9.70 Å². The molecule has 1 saturated heterocycles. The number of aryl methyl sites for hydroxylation is 2. The largest absolute Gasteiger partial charge is 0.298 e. The lowest BCUT2D eigenvalue weighted by Gasteiger charge is -2.47. The van der Waals surface area contributed by atoms with Crippen molar-refractivity contribution in [1.29, 1.82) is 0 Å². The lowest BCUT2D eigenvalue weighted by Crippen LogP contribution is -2.47. The maximum absolute atomic E-state index is 14.6. The second-order valence-corrected chi connectivity index (χ2v) is 9.24. The molecule has 4 aromatic carbocycles. The van der Waals surface area contributed by atoms with Crippen molar-refractivity contribution in [3.05, 3.63) is 147 Å². The van der Waals surface area contributed by atoms with Crippen LogP contribution in [0, 0.1) is 18.8 Å². The first-order valence-electron chi connectivity index (χ1n) is 12.0. The highest BCUT2D eigenvalue weighted by Crippen LogP contribution is 2.54. The van der Waals surface area contributed by atoms with Crippen molar-refractivity contribution in [2.24, 2.45) is 5.29 Å². The van der Waals surface area contributed by atoms with Gasteiger partial charge in [0.25, 0.3) is 0 Å². The van der Waals surface area contributed by atoms with Gasteiger partial charge in [-0.05, 0) is 47.2 Å². The average Bonchev–Trinajstić information content (AvgIpc) is 2.90. The van der Waals surface area contributed by atoms with Gasteiger partial charge in [0.2, 0.25) is 0 Å². The van der Waals surface area contributed by atoms with Gasteiger partial charge in [-0.1, -0.05) is 109 Å². The number of benzene rings is 4. The number of nitroso groups, excluding NO2 is 1. The first-order chi connectivity index (χ1) is 17.1. The molecule has 4 aromatic rings. The van der Waals surface area contributed by atoms with Gasteiger partial charge in [-0.15, -0.1) is 4.91 Å². The van der Waals surface area contributed by atoms with Crippen molar-refractivity contribution < 1.29 is 4.79 Å². The fraction of sp³-hybridized carbons (Fsp3) is 0.194. The molecule has 0 unspecified atom stereocenters. The maximum Gasteiger partial charge on any atom is 0.152 e. The van der Waals surface area contributed by atoms with Gasteiger partial charge in [0.1, 0.15) is 0 Å². The number of nitrogens with zero attached hydrogens (tertiary/aromatic N) is 2. The molecule has 35 heavy (non-hydrogen) atoms. The Balaban J connectivity index is 1.80. The fourth-order valence-electron chi connectivity index (χ4n) is 5.58. The number of hydrogen-bond donors (Lipinski definition) is 0. The van der Waals surface area contributed by atoms with Crippen LogP contribution in [-0.2, 0) is 4.79 Å². The molecule has 4 nitrogen and oxygen atoms in total. The maximum atomic E-state index is 14.6. The van der Waals surface area contributed by atoms with Crippen LogP contribution >= 0.6 is 0 Å². The third kappa shape index (κ3) is 4.06. The monoisotopic (exact) mass is 460 g/mol. The van der Waals surface area contributed by atoms with E-state index in [0.717, 1.165) is 33.4 Å². The summed E-state index contributed by atoms with van der Waals surface area (Å²) in [7, 11) is 0. The van der Waals surface area contributed by atoms with E-state index in [1.165, 1.54) is 0 Å². The summed E-state index contributed by atoms with van der Waals surface area (Å²) >= 11 is 0. The summed E-state index contributed by atoms with van der Waals surface area (Å²) in [4.78, 5) is 27.4. The van der Waals surface area contributed by atoms with Crippen molar-refractivity contribution in [2.75, 3.05) is 0 Å². The van der Waals surface area contributed by atoms with E-state index in [1.807, 2.05) is 123 Å². The van der Waals surface area contributed by atoms with Gasteiger partial charge in [-0.3, -0.25) is 4.79 Å². The molecule has 0 aliphatic carbocycles. The van der Waals surface area contributed by atoms with Crippen LogP contribution in [0.4, 0.5) is 0 Å². The van der Waals surface area contributed by atoms with Gasteiger partial charge in [0, 0.05) is 0 Å². The third-order valence-corrected chi connectivity index (χ3v) is 7.24. The molecule has 0 aromatic heterocycles. The van der Waals surface area contributed by atoms with Crippen molar-refractivity contribution in [3.8, 4) is 0 Å². The summed E-state index contributed by atoms with van der Waals surface area (Å²) in [5.74, 6) is -0.982. The predicted molar refractivity (Wildman–Crippen MR) is 139 cm³/mol. The molecule has 174 valence electrons. The van der Waals surface area contributed by atoms with Crippen molar-refractivity contribution in [2.45, 2.75) is 37.8 Å². The Morgan fingerprint density at radius 1 is 0.571 bits per heavy atom. The summed E-state index contributed by atoms with van der Waals surface area (Å²) in [5.41, 5.74) is 5.73. The molecule has 5 rings (SSSR count). The van der Waals surface area contributed by atoms with E-state index in [-0.39, 0.29) is 5.78 Å². The molecule has 0 amide bonds. The van der Waals surface area contributed by atoms with Crippen molar-refractivity contribution >= 4 is 5.78 Å². The molecule has 4 heteroatoms.